The number of aromatic nitrogens is 1. The van der Waals surface area contributed by atoms with Crippen molar-refractivity contribution in [2.75, 3.05) is 18.0 Å². The zero-order valence-electron chi connectivity index (χ0n) is 18.6. The van der Waals surface area contributed by atoms with Gasteiger partial charge in [-0.1, -0.05) is 38.0 Å². The molecule has 3 aromatic rings. The lowest BCUT2D eigenvalue weighted by Gasteiger charge is -2.37. The quantitative estimate of drug-likeness (QED) is 0.491. The van der Waals surface area contributed by atoms with Gasteiger partial charge in [-0.15, -0.1) is 0 Å². The molecule has 1 atom stereocenters. The second kappa shape index (κ2) is 9.41. The van der Waals surface area contributed by atoms with Crippen LogP contribution in [0.15, 0.2) is 46.9 Å². The molecule has 6 heteroatoms. The first-order valence-corrected chi connectivity index (χ1v) is 11.2. The number of hydrogen-bond donors (Lipinski definition) is 1. The van der Waals surface area contributed by atoms with E-state index in [9.17, 15) is 4.79 Å². The summed E-state index contributed by atoms with van der Waals surface area (Å²) >= 11 is 0. The summed E-state index contributed by atoms with van der Waals surface area (Å²) in [5.74, 6) is 0.886. The molecule has 0 radical (unpaired) electrons. The second-order valence-electron chi connectivity index (χ2n) is 8.40. The predicted molar refractivity (Wildman–Crippen MR) is 123 cm³/mol. The Balaban J connectivity index is 1.34. The number of unbranched alkanes of at least 4 members (excludes halogenated alkanes) is 2. The first kappa shape index (κ1) is 21.2. The Morgan fingerprint density at radius 3 is 2.87 bits per heavy atom. The molecule has 1 aliphatic heterocycles. The van der Waals surface area contributed by atoms with E-state index < -0.39 is 0 Å². The molecule has 2 heterocycles. The summed E-state index contributed by atoms with van der Waals surface area (Å²) in [4.78, 5) is 18.0. The van der Waals surface area contributed by atoms with Crippen molar-refractivity contribution in [3.8, 4) is 5.75 Å². The summed E-state index contributed by atoms with van der Waals surface area (Å²) in [5.41, 5.74) is 3.88. The molecule has 1 N–H and O–H groups in total. The molecule has 4 rings (SSSR count). The third-order valence-corrected chi connectivity index (χ3v) is 5.71. The van der Waals surface area contributed by atoms with Gasteiger partial charge in [-0.25, -0.2) is 0 Å². The summed E-state index contributed by atoms with van der Waals surface area (Å²) < 4.78 is 12.1. The van der Waals surface area contributed by atoms with Crippen LogP contribution in [0.5, 0.6) is 5.75 Å². The second-order valence-corrected chi connectivity index (χ2v) is 8.40. The Morgan fingerprint density at radius 1 is 1.26 bits per heavy atom. The number of rotatable bonds is 9. The van der Waals surface area contributed by atoms with Crippen LogP contribution in [0.25, 0.3) is 11.1 Å². The fraction of sp³-hybridized carbons (Fsp3) is 0.440. The summed E-state index contributed by atoms with van der Waals surface area (Å²) in [6.07, 6.45) is 4.96. The van der Waals surface area contributed by atoms with Crippen molar-refractivity contribution in [3.63, 3.8) is 0 Å². The van der Waals surface area contributed by atoms with E-state index >= 15 is 0 Å². The van der Waals surface area contributed by atoms with E-state index in [1.54, 1.807) is 0 Å². The molecule has 1 saturated heterocycles. The minimum absolute atomic E-state index is 0.0519. The van der Waals surface area contributed by atoms with Gasteiger partial charge in [-0.2, -0.15) is 4.98 Å². The van der Waals surface area contributed by atoms with Gasteiger partial charge in [-0.3, -0.25) is 4.79 Å². The van der Waals surface area contributed by atoms with Crippen LogP contribution >= 0.6 is 0 Å². The van der Waals surface area contributed by atoms with Crippen LogP contribution in [0, 0.1) is 0 Å². The maximum atomic E-state index is 11.3. The van der Waals surface area contributed by atoms with E-state index in [2.05, 4.69) is 40.3 Å². The number of nitrogens with one attached hydrogen (secondary N) is 1. The van der Waals surface area contributed by atoms with Gasteiger partial charge in [0.2, 0.25) is 5.91 Å². The van der Waals surface area contributed by atoms with Gasteiger partial charge in [0.1, 0.15) is 17.4 Å². The highest BCUT2D eigenvalue weighted by molar-refractivity contribution is 5.77. The van der Waals surface area contributed by atoms with E-state index in [1.165, 1.54) is 31.7 Å². The molecule has 1 aliphatic rings. The van der Waals surface area contributed by atoms with Crippen LogP contribution in [0.1, 0.15) is 57.2 Å². The highest BCUT2D eigenvalue weighted by Crippen LogP contribution is 2.29. The number of carbonyl (C=O) groups is 1. The number of aryl methyl sites for hydroxylation is 1. The smallest absolute Gasteiger partial charge is 0.298 e. The topological polar surface area (TPSA) is 67.6 Å². The van der Waals surface area contributed by atoms with Crippen molar-refractivity contribution in [1.82, 2.24) is 10.3 Å². The molecule has 2 aromatic carbocycles. The van der Waals surface area contributed by atoms with Gasteiger partial charge in [0.25, 0.3) is 6.01 Å². The van der Waals surface area contributed by atoms with Crippen molar-refractivity contribution < 1.29 is 13.9 Å². The summed E-state index contributed by atoms with van der Waals surface area (Å²) in [5, 5.41) is 2.89. The number of amides is 1. The maximum Gasteiger partial charge on any atom is 0.298 e. The molecule has 1 amide bonds. The first-order valence-electron chi connectivity index (χ1n) is 11.2. The van der Waals surface area contributed by atoms with Crippen molar-refractivity contribution in [3.05, 3.63) is 53.6 Å². The van der Waals surface area contributed by atoms with Gasteiger partial charge in [0, 0.05) is 6.92 Å². The van der Waals surface area contributed by atoms with Crippen LogP contribution in [0.2, 0.25) is 0 Å². The third-order valence-electron chi connectivity index (χ3n) is 5.71. The molecular weight excluding hydrogens is 390 g/mol. The minimum atomic E-state index is -0.0741. The monoisotopic (exact) mass is 421 g/mol. The Morgan fingerprint density at radius 2 is 2.10 bits per heavy atom. The largest absolute Gasteiger partial charge is 0.487 e. The lowest BCUT2D eigenvalue weighted by molar-refractivity contribution is -0.119. The molecule has 31 heavy (non-hydrogen) atoms. The number of benzene rings is 2. The SMILES string of the molecule is CCCCCc1cccc(OC2CN(c3nc4ccc(C(C)NC(C)=O)cc4o3)C2)c1. The zero-order chi connectivity index (χ0) is 21.8. The van der Waals surface area contributed by atoms with Gasteiger partial charge in [-0.05, 0) is 55.2 Å². The molecule has 0 spiro atoms. The Bertz CT molecular complexity index is 1040. The molecule has 0 bridgehead atoms. The Labute approximate surface area is 183 Å². The van der Waals surface area contributed by atoms with E-state index in [4.69, 9.17) is 9.15 Å². The van der Waals surface area contributed by atoms with Crippen LogP contribution < -0.4 is 15.0 Å². The number of fused-ring (bicyclic) bond motifs is 1. The van der Waals surface area contributed by atoms with Crippen molar-refractivity contribution in [2.24, 2.45) is 0 Å². The van der Waals surface area contributed by atoms with Crippen LogP contribution in [-0.2, 0) is 11.2 Å². The molecule has 0 saturated carbocycles. The van der Waals surface area contributed by atoms with Gasteiger partial charge < -0.3 is 19.4 Å². The number of anilines is 1. The van der Waals surface area contributed by atoms with E-state index in [-0.39, 0.29) is 18.1 Å². The number of ether oxygens (including phenoxy) is 1. The molecular formula is C25H31N3O3. The van der Waals surface area contributed by atoms with Crippen molar-refractivity contribution in [2.45, 2.75) is 58.6 Å². The lowest BCUT2D eigenvalue weighted by Crippen LogP contribution is -2.54. The molecule has 1 fully saturated rings. The number of nitrogens with zero attached hydrogens (tertiary/aromatic N) is 2. The predicted octanol–water partition coefficient (Wildman–Crippen LogP) is 5.03. The molecule has 164 valence electrons. The number of oxazole rings is 1. The van der Waals surface area contributed by atoms with Crippen molar-refractivity contribution >= 4 is 23.0 Å². The average molecular weight is 422 g/mol. The van der Waals surface area contributed by atoms with Gasteiger partial charge >= 0.3 is 0 Å². The third kappa shape index (κ3) is 5.19. The summed E-state index contributed by atoms with van der Waals surface area (Å²) in [7, 11) is 0. The zero-order valence-corrected chi connectivity index (χ0v) is 18.6. The standard InChI is InChI=1S/C25H31N3O3/c1-4-5-6-8-19-9-7-10-21(13-19)30-22-15-28(16-22)25-27-23-12-11-20(14-24(23)31-25)17(2)26-18(3)29/h7,9-14,17,22H,4-6,8,15-16H2,1-3H3,(H,26,29). The van der Waals surface area contributed by atoms with Crippen LogP contribution in [0.3, 0.4) is 0 Å². The maximum absolute atomic E-state index is 11.3. The highest BCUT2D eigenvalue weighted by atomic mass is 16.5. The van der Waals surface area contributed by atoms with Crippen molar-refractivity contribution in [1.29, 1.82) is 0 Å². The first-order chi connectivity index (χ1) is 15.0. The van der Waals surface area contributed by atoms with Crippen LogP contribution in [0.4, 0.5) is 6.01 Å². The average Bonchev–Trinajstić information content (AvgIpc) is 3.13. The fourth-order valence-electron chi connectivity index (χ4n) is 3.94. The molecule has 1 aromatic heterocycles. The Kier molecular flexibility index (Phi) is 6.44. The number of carbonyl (C=O) groups excluding carboxylic acids is 1. The molecule has 6 nitrogen and oxygen atoms in total. The highest BCUT2D eigenvalue weighted by Gasteiger charge is 2.32. The van der Waals surface area contributed by atoms with E-state index in [0.29, 0.717) is 6.01 Å². The fourth-order valence-corrected chi connectivity index (χ4v) is 3.94. The Hall–Kier alpha value is -3.02. The van der Waals surface area contributed by atoms with E-state index in [0.717, 1.165) is 41.9 Å². The minimum Gasteiger partial charge on any atom is -0.487 e. The van der Waals surface area contributed by atoms with E-state index in [1.807, 2.05) is 31.2 Å². The summed E-state index contributed by atoms with van der Waals surface area (Å²) in [6.45, 7) is 7.21. The number of hydrogen-bond acceptors (Lipinski definition) is 5. The summed E-state index contributed by atoms with van der Waals surface area (Å²) in [6, 6.07) is 14.9. The molecule has 1 unspecified atom stereocenters. The van der Waals surface area contributed by atoms with Gasteiger partial charge in [0.15, 0.2) is 5.58 Å². The van der Waals surface area contributed by atoms with Gasteiger partial charge in [0.05, 0.1) is 19.1 Å². The normalized spacial score (nSPS) is 15.0. The van der Waals surface area contributed by atoms with Crippen LogP contribution in [-0.4, -0.2) is 30.1 Å². The lowest BCUT2D eigenvalue weighted by atomic mass is 10.1. The molecule has 0 aliphatic carbocycles.